The number of para-hydroxylation sites is 1. The molecule has 2 aromatic rings. The van der Waals surface area contributed by atoms with E-state index in [1.807, 2.05) is 31.2 Å². The molecule has 1 aliphatic heterocycles. The van der Waals surface area contributed by atoms with Crippen LogP contribution < -0.4 is 9.47 Å². The highest BCUT2D eigenvalue weighted by Crippen LogP contribution is 2.44. The smallest absolute Gasteiger partial charge is 0.244 e. The Balaban J connectivity index is 1.93. The average Bonchev–Trinajstić information content (AvgIpc) is 3.13. The van der Waals surface area contributed by atoms with Gasteiger partial charge in [0.1, 0.15) is 11.5 Å². The maximum Gasteiger partial charge on any atom is 0.244 e. The molecule has 1 aliphatic rings. The van der Waals surface area contributed by atoms with Crippen molar-refractivity contribution in [3.63, 3.8) is 0 Å². The highest BCUT2D eigenvalue weighted by atomic mass is 32.2. The van der Waals surface area contributed by atoms with E-state index in [0.717, 1.165) is 11.3 Å². The zero-order valence-electron chi connectivity index (χ0n) is 14.2. The zero-order valence-corrected chi connectivity index (χ0v) is 15.8. The molecule has 0 spiro atoms. The van der Waals surface area contributed by atoms with Gasteiger partial charge in [0.05, 0.1) is 24.0 Å². The fourth-order valence-corrected chi connectivity index (χ4v) is 6.08. The van der Waals surface area contributed by atoms with Crippen molar-refractivity contribution in [2.24, 2.45) is 0 Å². The van der Waals surface area contributed by atoms with E-state index in [9.17, 15) is 8.42 Å². The summed E-state index contributed by atoms with van der Waals surface area (Å²) in [6.45, 7) is 2.91. The lowest BCUT2D eigenvalue weighted by atomic mass is 10.2. The number of nitrogens with zero attached hydrogens (tertiary/aromatic N) is 1. The molecule has 2 aromatic carbocycles. The molecule has 0 aliphatic carbocycles. The largest absolute Gasteiger partial charge is 0.496 e. The first-order chi connectivity index (χ1) is 12.1. The van der Waals surface area contributed by atoms with Crippen LogP contribution in [0.3, 0.4) is 0 Å². The van der Waals surface area contributed by atoms with E-state index in [-0.39, 0.29) is 10.3 Å². The van der Waals surface area contributed by atoms with Crippen molar-refractivity contribution in [3.8, 4) is 11.5 Å². The summed E-state index contributed by atoms with van der Waals surface area (Å²) in [5.41, 5.74) is 0.877. The summed E-state index contributed by atoms with van der Waals surface area (Å²) >= 11 is 1.61. The summed E-state index contributed by atoms with van der Waals surface area (Å²) in [4.78, 5) is 0.276. The highest BCUT2D eigenvalue weighted by Gasteiger charge is 2.38. The first-order valence-corrected chi connectivity index (χ1v) is 10.6. The van der Waals surface area contributed by atoms with Gasteiger partial charge in [0, 0.05) is 17.9 Å². The second-order valence-electron chi connectivity index (χ2n) is 5.49. The third-order valence-electron chi connectivity index (χ3n) is 4.00. The third-order valence-corrected chi connectivity index (χ3v) is 7.25. The van der Waals surface area contributed by atoms with Crippen LogP contribution in [0.25, 0.3) is 0 Å². The van der Waals surface area contributed by atoms with Gasteiger partial charge in [-0.05, 0) is 37.3 Å². The van der Waals surface area contributed by atoms with Crippen LogP contribution in [-0.2, 0) is 10.0 Å². The Morgan fingerprint density at radius 1 is 1.16 bits per heavy atom. The van der Waals surface area contributed by atoms with Gasteiger partial charge in [-0.2, -0.15) is 4.31 Å². The molecule has 25 heavy (non-hydrogen) atoms. The van der Waals surface area contributed by atoms with Gasteiger partial charge in [-0.3, -0.25) is 0 Å². The Bertz CT molecular complexity index is 821. The van der Waals surface area contributed by atoms with Crippen LogP contribution in [0.1, 0.15) is 17.9 Å². The van der Waals surface area contributed by atoms with Gasteiger partial charge in [0.2, 0.25) is 10.0 Å². The average molecular weight is 380 g/mol. The van der Waals surface area contributed by atoms with E-state index in [4.69, 9.17) is 9.47 Å². The maximum absolute atomic E-state index is 13.1. The number of rotatable bonds is 6. The second-order valence-corrected chi connectivity index (χ2v) is 8.56. The number of hydrogen-bond donors (Lipinski definition) is 0. The minimum atomic E-state index is -3.59. The predicted octanol–water partition coefficient (Wildman–Crippen LogP) is 3.53. The molecule has 0 radical (unpaired) electrons. The van der Waals surface area contributed by atoms with Gasteiger partial charge in [0.15, 0.2) is 0 Å². The third kappa shape index (κ3) is 3.63. The lowest BCUT2D eigenvalue weighted by molar-refractivity contribution is 0.340. The van der Waals surface area contributed by atoms with Crippen LogP contribution in [0.5, 0.6) is 11.5 Å². The van der Waals surface area contributed by atoms with Gasteiger partial charge in [-0.15, -0.1) is 11.8 Å². The molecule has 5 nitrogen and oxygen atoms in total. The van der Waals surface area contributed by atoms with Gasteiger partial charge in [0.25, 0.3) is 0 Å². The zero-order chi connectivity index (χ0) is 17.9. The number of benzene rings is 2. The molecule has 7 heteroatoms. The van der Waals surface area contributed by atoms with E-state index in [2.05, 4.69) is 0 Å². The van der Waals surface area contributed by atoms with Crippen LogP contribution in [0.4, 0.5) is 0 Å². The molecule has 0 unspecified atom stereocenters. The minimum absolute atomic E-state index is 0.276. The maximum atomic E-state index is 13.1. The van der Waals surface area contributed by atoms with Gasteiger partial charge < -0.3 is 9.47 Å². The quantitative estimate of drug-likeness (QED) is 0.768. The standard InChI is InChI=1S/C18H21NO4S2/c1-3-23-14-8-10-15(11-9-14)25(20,21)19-12-13-24-18(19)16-6-4-5-7-17(16)22-2/h4-11,18H,3,12-13H2,1-2H3/t18-/m1/s1. The summed E-state index contributed by atoms with van der Waals surface area (Å²) < 4.78 is 38.6. The summed E-state index contributed by atoms with van der Waals surface area (Å²) in [6.07, 6.45) is 0. The first kappa shape index (κ1) is 18.1. The lowest BCUT2D eigenvalue weighted by Gasteiger charge is -2.24. The normalized spacial score (nSPS) is 18.2. The number of sulfonamides is 1. The summed E-state index contributed by atoms with van der Waals surface area (Å²) in [5, 5.41) is -0.285. The van der Waals surface area contributed by atoms with E-state index in [0.29, 0.717) is 24.7 Å². The summed E-state index contributed by atoms with van der Waals surface area (Å²) in [6, 6.07) is 14.1. The monoisotopic (exact) mass is 379 g/mol. The number of ether oxygens (including phenoxy) is 2. The van der Waals surface area contributed by atoms with Crippen LogP contribution in [-0.4, -0.2) is 38.7 Å². The van der Waals surface area contributed by atoms with Crippen molar-refractivity contribution in [1.29, 1.82) is 0 Å². The van der Waals surface area contributed by atoms with E-state index < -0.39 is 10.0 Å². The summed E-state index contributed by atoms with van der Waals surface area (Å²) in [5.74, 6) is 2.12. The van der Waals surface area contributed by atoms with Crippen molar-refractivity contribution in [1.82, 2.24) is 4.31 Å². The molecular formula is C18H21NO4S2. The minimum Gasteiger partial charge on any atom is -0.496 e. The fraction of sp³-hybridized carbons (Fsp3) is 0.333. The number of thioether (sulfide) groups is 1. The molecule has 1 saturated heterocycles. The van der Waals surface area contributed by atoms with Gasteiger partial charge in [-0.25, -0.2) is 8.42 Å². The van der Waals surface area contributed by atoms with Crippen molar-refractivity contribution >= 4 is 21.8 Å². The first-order valence-electron chi connectivity index (χ1n) is 8.07. The molecule has 1 heterocycles. The predicted molar refractivity (Wildman–Crippen MR) is 99.7 cm³/mol. The Morgan fingerprint density at radius 3 is 2.56 bits per heavy atom. The van der Waals surface area contributed by atoms with Crippen LogP contribution in [0.15, 0.2) is 53.4 Å². The molecule has 0 N–H and O–H groups in total. The Morgan fingerprint density at radius 2 is 1.88 bits per heavy atom. The molecule has 1 fully saturated rings. The van der Waals surface area contributed by atoms with Crippen molar-refractivity contribution in [2.75, 3.05) is 26.0 Å². The molecule has 134 valence electrons. The van der Waals surface area contributed by atoms with Crippen molar-refractivity contribution < 1.29 is 17.9 Å². The Hall–Kier alpha value is -1.70. The van der Waals surface area contributed by atoms with E-state index in [1.165, 1.54) is 0 Å². The topological polar surface area (TPSA) is 55.8 Å². The Kier molecular flexibility index (Phi) is 5.56. The Labute approximate surface area is 153 Å². The SMILES string of the molecule is CCOc1ccc(S(=O)(=O)N2CCS[C@@H]2c2ccccc2OC)cc1. The second kappa shape index (κ2) is 7.68. The van der Waals surface area contributed by atoms with E-state index in [1.54, 1.807) is 47.4 Å². The molecule has 0 bridgehead atoms. The van der Waals surface area contributed by atoms with Crippen LogP contribution >= 0.6 is 11.8 Å². The fourth-order valence-electron chi connectivity index (χ4n) is 2.83. The molecule has 0 aromatic heterocycles. The summed E-state index contributed by atoms with van der Waals surface area (Å²) in [7, 11) is -1.99. The molecule has 0 amide bonds. The molecular weight excluding hydrogens is 358 g/mol. The lowest BCUT2D eigenvalue weighted by Crippen LogP contribution is -2.30. The van der Waals surface area contributed by atoms with Crippen LogP contribution in [0, 0.1) is 0 Å². The van der Waals surface area contributed by atoms with Crippen molar-refractivity contribution in [3.05, 3.63) is 54.1 Å². The van der Waals surface area contributed by atoms with E-state index >= 15 is 0 Å². The highest BCUT2D eigenvalue weighted by molar-refractivity contribution is 8.01. The van der Waals surface area contributed by atoms with Crippen molar-refractivity contribution in [2.45, 2.75) is 17.2 Å². The van der Waals surface area contributed by atoms with Gasteiger partial charge >= 0.3 is 0 Å². The number of hydrogen-bond acceptors (Lipinski definition) is 5. The van der Waals surface area contributed by atoms with Crippen LogP contribution in [0.2, 0.25) is 0 Å². The molecule has 1 atom stereocenters. The molecule has 0 saturated carbocycles. The molecule has 3 rings (SSSR count). The number of methoxy groups -OCH3 is 1. The van der Waals surface area contributed by atoms with Gasteiger partial charge in [-0.1, -0.05) is 18.2 Å².